The average molecular weight is 1030 g/mol. The summed E-state index contributed by atoms with van der Waals surface area (Å²) < 4.78 is 9.26. The molecule has 0 aliphatic rings. The van der Waals surface area contributed by atoms with Gasteiger partial charge in [-0.25, -0.2) is 0 Å². The molecule has 0 saturated carbocycles. The number of hydrogen-bond donors (Lipinski definition) is 0. The highest BCUT2D eigenvalue weighted by atomic mass is 35.5. The summed E-state index contributed by atoms with van der Waals surface area (Å²) in [6, 6.07) is 64.1. The Morgan fingerprint density at radius 3 is 1.47 bits per heavy atom. The third kappa shape index (κ3) is 10.6. The topological polar surface area (TPSA) is 43.2 Å². The molecule has 3 heterocycles. The fourth-order valence-electron chi connectivity index (χ4n) is 9.79. The Balaban J connectivity index is 1.32. The van der Waals surface area contributed by atoms with Crippen LogP contribution in [0, 0.1) is 0 Å². The summed E-state index contributed by atoms with van der Waals surface area (Å²) >= 11 is 13.7. The molecule has 0 unspecified atom stereocenters. The first-order valence-corrected chi connectivity index (χ1v) is 26.7. The number of aromatic nitrogens is 3. The van der Waals surface area contributed by atoms with Crippen LogP contribution in [0.15, 0.2) is 182 Å². The summed E-state index contributed by atoms with van der Waals surface area (Å²) in [4.78, 5) is 13.1. The van der Waals surface area contributed by atoms with Crippen molar-refractivity contribution in [1.82, 2.24) is 14.5 Å². The van der Waals surface area contributed by atoms with E-state index in [0.29, 0.717) is 21.5 Å². The van der Waals surface area contributed by atoms with Crippen molar-refractivity contribution < 1.29 is 4.74 Å². The van der Waals surface area contributed by atoms with Gasteiger partial charge < -0.3 is 14.2 Å². The fourth-order valence-corrected chi connectivity index (χ4v) is 10.2. The van der Waals surface area contributed by atoms with Crippen LogP contribution < -0.4 is 9.64 Å². The molecule has 0 spiro atoms. The quantitative estimate of drug-likeness (QED) is 0.144. The van der Waals surface area contributed by atoms with Crippen molar-refractivity contribution in [3.63, 3.8) is 0 Å². The molecule has 0 aliphatic carbocycles. The van der Waals surface area contributed by atoms with Gasteiger partial charge in [-0.1, -0.05) is 179 Å². The molecule has 0 amide bonds. The number of halogens is 2. The van der Waals surface area contributed by atoms with Crippen LogP contribution in [0.2, 0.25) is 10.0 Å². The lowest BCUT2D eigenvalue weighted by Gasteiger charge is -2.32. The first-order valence-electron chi connectivity index (χ1n) is 25.9. The van der Waals surface area contributed by atoms with Gasteiger partial charge in [-0.3, -0.25) is 9.97 Å². The Labute approximate surface area is 453 Å². The fraction of sp³-hybridized carbons (Fsp3) is 0.235. The van der Waals surface area contributed by atoms with Gasteiger partial charge in [0.2, 0.25) is 0 Å². The summed E-state index contributed by atoms with van der Waals surface area (Å²) in [5.74, 6) is 1.27. The first-order chi connectivity index (χ1) is 35.5. The number of pyridine rings is 2. The van der Waals surface area contributed by atoms with Crippen LogP contribution in [-0.4, -0.2) is 14.5 Å². The first kappa shape index (κ1) is 51.3. The SMILES string of the molecule is CC(C)(C)c1cc(-c2cccc(-c3cc(C(C)(C)C)nc(C(C)(C)C)c3)c2N(c2cccc(Cl)c2)c2cc(Oc3cccc(Cl)c3)cc(-c3ccc4c(c3)c3ccccc3n4-c3ccccc3)c2)cc(C(C)(C)C)n1. The summed E-state index contributed by atoms with van der Waals surface area (Å²) in [6.07, 6.45) is 0. The van der Waals surface area contributed by atoms with Gasteiger partial charge in [0.25, 0.3) is 0 Å². The maximum Gasteiger partial charge on any atom is 0.130 e. The third-order valence-electron chi connectivity index (χ3n) is 13.9. The monoisotopic (exact) mass is 1020 g/mol. The zero-order valence-electron chi connectivity index (χ0n) is 45.3. The molecular weight excluding hydrogens is 960 g/mol. The molecule has 7 heteroatoms. The molecule has 0 N–H and O–H groups in total. The lowest BCUT2D eigenvalue weighted by atomic mass is 9.83. The van der Waals surface area contributed by atoms with Gasteiger partial charge in [-0.05, 0) is 125 Å². The zero-order valence-corrected chi connectivity index (χ0v) is 46.8. The van der Waals surface area contributed by atoms with E-state index in [2.05, 4.69) is 238 Å². The summed E-state index contributed by atoms with van der Waals surface area (Å²) in [6.45, 7) is 26.9. The van der Waals surface area contributed by atoms with Crippen molar-refractivity contribution in [1.29, 1.82) is 0 Å². The van der Waals surface area contributed by atoms with Gasteiger partial charge in [-0.15, -0.1) is 0 Å². The van der Waals surface area contributed by atoms with E-state index in [4.69, 9.17) is 37.9 Å². The molecule has 75 heavy (non-hydrogen) atoms. The minimum atomic E-state index is -0.232. The second kappa shape index (κ2) is 19.5. The highest BCUT2D eigenvalue weighted by Gasteiger charge is 2.30. The van der Waals surface area contributed by atoms with Crippen molar-refractivity contribution in [3.8, 4) is 50.6 Å². The maximum atomic E-state index is 7.11. The minimum absolute atomic E-state index is 0.232. The van der Waals surface area contributed by atoms with E-state index >= 15 is 0 Å². The molecule has 0 saturated heterocycles. The smallest absolute Gasteiger partial charge is 0.130 e. The van der Waals surface area contributed by atoms with Crippen LogP contribution in [0.25, 0.3) is 60.9 Å². The van der Waals surface area contributed by atoms with Crippen molar-refractivity contribution in [3.05, 3.63) is 215 Å². The van der Waals surface area contributed by atoms with Crippen LogP contribution in [-0.2, 0) is 21.7 Å². The van der Waals surface area contributed by atoms with E-state index in [1.165, 1.54) is 5.39 Å². The second-order valence-electron chi connectivity index (χ2n) is 24.0. The van der Waals surface area contributed by atoms with Crippen molar-refractivity contribution in [2.24, 2.45) is 0 Å². The Hall–Kier alpha value is -7.18. The average Bonchev–Trinajstić information content (AvgIpc) is 3.70. The molecule has 10 rings (SSSR count). The predicted molar refractivity (Wildman–Crippen MR) is 319 cm³/mol. The minimum Gasteiger partial charge on any atom is -0.457 e. The van der Waals surface area contributed by atoms with Gasteiger partial charge in [0.1, 0.15) is 11.5 Å². The molecule has 0 radical (unpaired) electrons. The molecule has 0 bridgehead atoms. The van der Waals surface area contributed by atoms with Gasteiger partial charge in [0, 0.05) is 93.8 Å². The second-order valence-corrected chi connectivity index (χ2v) is 24.8. The lowest BCUT2D eigenvalue weighted by molar-refractivity contribution is 0.483. The number of para-hydroxylation sites is 3. The van der Waals surface area contributed by atoms with Gasteiger partial charge in [-0.2, -0.15) is 0 Å². The van der Waals surface area contributed by atoms with Gasteiger partial charge >= 0.3 is 0 Å². The van der Waals surface area contributed by atoms with E-state index in [9.17, 15) is 0 Å². The van der Waals surface area contributed by atoms with Gasteiger partial charge in [0.15, 0.2) is 0 Å². The number of nitrogens with zero attached hydrogens (tertiary/aromatic N) is 4. The van der Waals surface area contributed by atoms with Crippen molar-refractivity contribution in [2.75, 3.05) is 4.90 Å². The van der Waals surface area contributed by atoms with E-state index in [1.807, 2.05) is 36.4 Å². The van der Waals surface area contributed by atoms with Crippen LogP contribution in [0.5, 0.6) is 11.5 Å². The molecule has 0 aliphatic heterocycles. The number of fused-ring (bicyclic) bond motifs is 3. The highest BCUT2D eigenvalue weighted by molar-refractivity contribution is 6.31. The van der Waals surface area contributed by atoms with E-state index in [0.717, 1.165) is 95.3 Å². The van der Waals surface area contributed by atoms with Crippen LogP contribution in [0.1, 0.15) is 106 Å². The maximum absolute atomic E-state index is 7.11. The zero-order chi connectivity index (χ0) is 53.2. The molecule has 5 nitrogen and oxygen atoms in total. The Morgan fingerprint density at radius 2 is 0.907 bits per heavy atom. The van der Waals surface area contributed by atoms with Crippen molar-refractivity contribution in [2.45, 2.75) is 105 Å². The number of rotatable bonds is 9. The van der Waals surface area contributed by atoms with Gasteiger partial charge in [0.05, 0.1) is 22.4 Å². The predicted octanol–water partition coefficient (Wildman–Crippen LogP) is 20.3. The number of anilines is 3. The molecule has 0 atom stereocenters. The van der Waals surface area contributed by atoms with Crippen LogP contribution in [0.4, 0.5) is 17.1 Å². The number of benzene rings is 7. The molecule has 378 valence electrons. The normalized spacial score (nSPS) is 12.4. The molecule has 10 aromatic rings. The highest BCUT2D eigenvalue weighted by Crippen LogP contribution is 2.50. The van der Waals surface area contributed by atoms with E-state index < -0.39 is 0 Å². The number of ether oxygens (including phenoxy) is 1. The molecule has 0 fully saturated rings. The van der Waals surface area contributed by atoms with Crippen molar-refractivity contribution >= 4 is 62.1 Å². The Kier molecular flexibility index (Phi) is 13.3. The molecule has 3 aromatic heterocycles. The lowest BCUT2D eigenvalue weighted by Crippen LogP contribution is -2.21. The third-order valence-corrected chi connectivity index (χ3v) is 14.3. The standard InChI is InChI=1S/C68H66Cl2N4O/c1-65(2,3)60-36-45(37-61(71-60)66(4,5)6)54-28-20-29-55(46-38-62(67(7,8)9)72-63(39-46)68(10,11)12)64(54)73(50-25-18-21-47(69)40-50)51-33-44(34-53(42-51)75-52-26-19-22-48(70)41-52)43-31-32-59-57(35-43)56-27-16-17-30-58(56)74(59)49-23-14-13-15-24-49/h13-42H,1-12H3. The van der Waals surface area contributed by atoms with Crippen LogP contribution in [0.3, 0.4) is 0 Å². The molecule has 7 aromatic carbocycles. The van der Waals surface area contributed by atoms with E-state index in [-0.39, 0.29) is 21.7 Å². The Bertz CT molecular complexity index is 3610. The van der Waals surface area contributed by atoms with Crippen LogP contribution >= 0.6 is 23.2 Å². The summed E-state index contributed by atoms with van der Waals surface area (Å²) in [5, 5.41) is 3.53. The summed E-state index contributed by atoms with van der Waals surface area (Å²) in [7, 11) is 0. The molecular formula is C68H66Cl2N4O. The largest absolute Gasteiger partial charge is 0.457 e. The Morgan fingerprint density at radius 1 is 0.387 bits per heavy atom. The number of hydrogen-bond acceptors (Lipinski definition) is 4. The van der Waals surface area contributed by atoms with E-state index in [1.54, 1.807) is 0 Å². The summed E-state index contributed by atoms with van der Waals surface area (Å²) in [5.41, 5.74) is 15.5.